The van der Waals surface area contributed by atoms with Gasteiger partial charge in [0.1, 0.15) is 17.7 Å². The highest BCUT2D eigenvalue weighted by molar-refractivity contribution is 5.97. The SMILES string of the molecule is CCCCCOc1cc(C(NC(=O)c2cccc(OC)c2)NC(=O)c2cccc(OC)c2)ccc1OC. The van der Waals surface area contributed by atoms with Crippen LogP contribution in [0.15, 0.2) is 66.7 Å². The van der Waals surface area contributed by atoms with Crippen LogP contribution in [0.25, 0.3) is 0 Å². The van der Waals surface area contributed by atoms with Crippen molar-refractivity contribution in [1.82, 2.24) is 10.6 Å². The van der Waals surface area contributed by atoms with Crippen LogP contribution in [0.1, 0.15) is 58.6 Å². The van der Waals surface area contributed by atoms with Crippen LogP contribution in [0, 0.1) is 0 Å². The van der Waals surface area contributed by atoms with E-state index < -0.39 is 6.17 Å². The molecule has 2 N–H and O–H groups in total. The molecular formula is C29H34N2O6. The summed E-state index contributed by atoms with van der Waals surface area (Å²) in [5.41, 5.74) is 1.41. The average molecular weight is 507 g/mol. The maximum Gasteiger partial charge on any atom is 0.253 e. The fraction of sp³-hybridized carbons (Fsp3) is 0.310. The lowest BCUT2D eigenvalue weighted by Gasteiger charge is -2.22. The minimum Gasteiger partial charge on any atom is -0.497 e. The van der Waals surface area contributed by atoms with Crippen molar-refractivity contribution in [3.05, 3.63) is 83.4 Å². The van der Waals surface area contributed by atoms with Gasteiger partial charge >= 0.3 is 0 Å². The summed E-state index contributed by atoms with van der Waals surface area (Å²) < 4.78 is 21.9. The van der Waals surface area contributed by atoms with Gasteiger partial charge in [0.05, 0.1) is 27.9 Å². The van der Waals surface area contributed by atoms with Crippen LogP contribution in [0.5, 0.6) is 23.0 Å². The number of methoxy groups -OCH3 is 3. The molecule has 196 valence electrons. The lowest BCUT2D eigenvalue weighted by Crippen LogP contribution is -2.41. The molecule has 0 heterocycles. The maximum atomic E-state index is 13.2. The first-order chi connectivity index (χ1) is 18.0. The highest BCUT2D eigenvalue weighted by atomic mass is 16.5. The number of nitrogens with one attached hydrogen (secondary N) is 2. The van der Waals surface area contributed by atoms with Gasteiger partial charge in [0.15, 0.2) is 11.5 Å². The zero-order chi connectivity index (χ0) is 26.6. The summed E-state index contributed by atoms with van der Waals surface area (Å²) in [6.45, 7) is 2.66. The highest BCUT2D eigenvalue weighted by Crippen LogP contribution is 2.30. The lowest BCUT2D eigenvalue weighted by molar-refractivity contribution is 0.0882. The predicted octanol–water partition coefficient (Wildman–Crippen LogP) is 5.14. The van der Waals surface area contributed by atoms with Crippen molar-refractivity contribution < 1.29 is 28.5 Å². The van der Waals surface area contributed by atoms with E-state index in [4.69, 9.17) is 18.9 Å². The summed E-state index contributed by atoms with van der Waals surface area (Å²) >= 11 is 0. The third-order valence-electron chi connectivity index (χ3n) is 5.74. The summed E-state index contributed by atoms with van der Waals surface area (Å²) in [6.07, 6.45) is 2.18. The Morgan fingerprint density at radius 2 is 1.32 bits per heavy atom. The summed E-state index contributed by atoms with van der Waals surface area (Å²) in [4.78, 5) is 26.3. The number of ether oxygens (including phenoxy) is 4. The number of hydrogen-bond acceptors (Lipinski definition) is 6. The Balaban J connectivity index is 1.91. The van der Waals surface area contributed by atoms with E-state index in [2.05, 4.69) is 17.6 Å². The molecule has 0 unspecified atom stereocenters. The van der Waals surface area contributed by atoms with E-state index in [9.17, 15) is 9.59 Å². The smallest absolute Gasteiger partial charge is 0.253 e. The lowest BCUT2D eigenvalue weighted by atomic mass is 10.1. The molecule has 0 bridgehead atoms. The molecule has 0 fully saturated rings. The number of amides is 2. The Kier molecular flexibility index (Phi) is 10.2. The molecule has 0 aromatic heterocycles. The van der Waals surface area contributed by atoms with E-state index >= 15 is 0 Å². The zero-order valence-corrected chi connectivity index (χ0v) is 21.7. The largest absolute Gasteiger partial charge is 0.497 e. The van der Waals surface area contributed by atoms with E-state index in [-0.39, 0.29) is 11.8 Å². The average Bonchev–Trinajstić information content (AvgIpc) is 2.94. The van der Waals surface area contributed by atoms with Gasteiger partial charge in [-0.15, -0.1) is 0 Å². The molecule has 0 saturated heterocycles. The van der Waals surface area contributed by atoms with Crippen LogP contribution < -0.4 is 29.6 Å². The molecule has 3 aromatic rings. The van der Waals surface area contributed by atoms with Crippen LogP contribution in [-0.4, -0.2) is 39.8 Å². The van der Waals surface area contributed by atoms with Crippen LogP contribution in [0.2, 0.25) is 0 Å². The van der Waals surface area contributed by atoms with Gasteiger partial charge in [0.2, 0.25) is 0 Å². The van der Waals surface area contributed by atoms with Gasteiger partial charge in [-0.2, -0.15) is 0 Å². The van der Waals surface area contributed by atoms with Crippen molar-refractivity contribution in [1.29, 1.82) is 0 Å². The van der Waals surface area contributed by atoms with Gasteiger partial charge in [0.25, 0.3) is 11.8 Å². The van der Waals surface area contributed by atoms with Crippen LogP contribution in [0.3, 0.4) is 0 Å². The summed E-state index contributed by atoms with van der Waals surface area (Å²) in [5, 5.41) is 5.83. The molecule has 8 nitrogen and oxygen atoms in total. The number of unbranched alkanes of at least 4 members (excludes halogenated alkanes) is 2. The monoisotopic (exact) mass is 506 g/mol. The number of hydrogen-bond donors (Lipinski definition) is 2. The molecule has 0 radical (unpaired) electrons. The van der Waals surface area contributed by atoms with E-state index in [1.807, 2.05) is 0 Å². The summed E-state index contributed by atoms with van der Waals surface area (Å²) in [5.74, 6) is 1.45. The predicted molar refractivity (Wildman–Crippen MR) is 142 cm³/mol. The fourth-order valence-electron chi connectivity index (χ4n) is 3.68. The van der Waals surface area contributed by atoms with Gasteiger partial charge in [-0.05, 0) is 60.5 Å². The van der Waals surface area contributed by atoms with Crippen LogP contribution in [-0.2, 0) is 0 Å². The van der Waals surface area contributed by atoms with Crippen LogP contribution >= 0.6 is 0 Å². The third-order valence-corrected chi connectivity index (χ3v) is 5.74. The summed E-state index contributed by atoms with van der Waals surface area (Å²) in [6, 6.07) is 18.9. The standard InChI is InChI=1S/C29H34N2O6/c1-5-6-7-16-37-26-19-20(14-15-25(26)36-4)27(30-28(32)21-10-8-12-23(17-21)34-2)31-29(33)22-11-9-13-24(18-22)35-3/h8-15,17-19,27H,5-7,16H2,1-4H3,(H,30,32)(H,31,33). The van der Waals surface area contributed by atoms with Crippen molar-refractivity contribution in [3.63, 3.8) is 0 Å². The second-order valence-electron chi connectivity index (χ2n) is 8.31. The Labute approximate surface area is 217 Å². The molecule has 0 aliphatic rings. The van der Waals surface area contributed by atoms with Crippen molar-refractivity contribution in [3.8, 4) is 23.0 Å². The molecule has 3 rings (SSSR count). The van der Waals surface area contributed by atoms with E-state index in [1.54, 1.807) is 73.8 Å². The van der Waals surface area contributed by atoms with Gasteiger partial charge in [0, 0.05) is 11.1 Å². The number of carbonyl (C=O) groups excluding carboxylic acids is 2. The molecule has 3 aromatic carbocycles. The zero-order valence-electron chi connectivity index (χ0n) is 21.7. The molecule has 37 heavy (non-hydrogen) atoms. The number of benzene rings is 3. The van der Waals surface area contributed by atoms with E-state index in [1.165, 1.54) is 14.2 Å². The van der Waals surface area contributed by atoms with Gasteiger partial charge < -0.3 is 29.6 Å². The molecule has 0 aliphatic heterocycles. The second-order valence-corrected chi connectivity index (χ2v) is 8.31. The van der Waals surface area contributed by atoms with Gasteiger partial charge in [-0.25, -0.2) is 0 Å². The number of carbonyl (C=O) groups is 2. The molecule has 0 aliphatic carbocycles. The van der Waals surface area contributed by atoms with Crippen molar-refractivity contribution in [2.45, 2.75) is 32.4 Å². The minimum atomic E-state index is -0.860. The highest BCUT2D eigenvalue weighted by Gasteiger charge is 2.21. The molecule has 0 atom stereocenters. The Morgan fingerprint density at radius 3 is 1.84 bits per heavy atom. The summed E-state index contributed by atoms with van der Waals surface area (Å²) in [7, 11) is 4.64. The fourth-order valence-corrected chi connectivity index (χ4v) is 3.68. The molecule has 0 spiro atoms. The third kappa shape index (κ3) is 7.64. The molecule has 2 amide bonds. The Bertz CT molecular complexity index is 1140. The van der Waals surface area contributed by atoms with Gasteiger partial charge in [-0.1, -0.05) is 38.0 Å². The minimum absolute atomic E-state index is 0.379. The quantitative estimate of drug-likeness (QED) is 0.246. The van der Waals surface area contributed by atoms with Crippen molar-refractivity contribution in [2.75, 3.05) is 27.9 Å². The van der Waals surface area contributed by atoms with Crippen molar-refractivity contribution >= 4 is 11.8 Å². The Hall–Kier alpha value is -4.20. The van der Waals surface area contributed by atoms with E-state index in [0.717, 1.165) is 19.3 Å². The first-order valence-corrected chi connectivity index (χ1v) is 12.2. The molecular weight excluding hydrogens is 472 g/mol. The topological polar surface area (TPSA) is 95.1 Å². The van der Waals surface area contributed by atoms with Gasteiger partial charge in [-0.3, -0.25) is 9.59 Å². The molecule has 8 heteroatoms. The number of rotatable bonds is 13. The van der Waals surface area contributed by atoms with Crippen molar-refractivity contribution in [2.24, 2.45) is 0 Å². The normalized spacial score (nSPS) is 10.5. The Morgan fingerprint density at radius 1 is 0.730 bits per heavy atom. The maximum absolute atomic E-state index is 13.2. The second kappa shape index (κ2) is 13.8. The first kappa shape index (κ1) is 27.4. The van der Waals surface area contributed by atoms with E-state index in [0.29, 0.717) is 46.3 Å². The molecule has 0 saturated carbocycles. The van der Waals surface area contributed by atoms with Crippen LogP contribution in [0.4, 0.5) is 0 Å². The first-order valence-electron chi connectivity index (χ1n) is 12.2.